The minimum absolute atomic E-state index is 0.150. The number of benzene rings is 2. The molecular formula is C19H24INO5S. The van der Waals surface area contributed by atoms with Gasteiger partial charge in [0.1, 0.15) is 5.75 Å². The van der Waals surface area contributed by atoms with Gasteiger partial charge in [0, 0.05) is 17.0 Å². The summed E-state index contributed by atoms with van der Waals surface area (Å²) in [6.45, 7) is 2.50. The molecule has 0 bridgehead atoms. The van der Waals surface area contributed by atoms with Gasteiger partial charge in [-0.2, -0.15) is 8.42 Å². The molecule has 2 rings (SSSR count). The summed E-state index contributed by atoms with van der Waals surface area (Å²) in [6, 6.07) is 15.1. The van der Waals surface area contributed by atoms with E-state index in [0.29, 0.717) is 12.3 Å². The molecule has 2 aromatic carbocycles. The van der Waals surface area contributed by atoms with Crippen LogP contribution in [-0.2, 0) is 21.0 Å². The number of alkyl halides is 1. The maximum absolute atomic E-state index is 10.7. The normalized spacial score (nSPS) is 13.9. The van der Waals surface area contributed by atoms with E-state index in [1.807, 2.05) is 43.3 Å². The molecule has 2 aromatic rings. The van der Waals surface area contributed by atoms with Crippen LogP contribution in [0.1, 0.15) is 29.7 Å². The van der Waals surface area contributed by atoms with Gasteiger partial charge in [-0.1, -0.05) is 59.0 Å². The first-order chi connectivity index (χ1) is 12.8. The molecule has 0 aliphatic carbocycles. The topological polar surface area (TPSA) is 95.9 Å². The Hall–Kier alpha value is -1.20. The zero-order chi connectivity index (χ0) is 19.9. The molecule has 0 spiro atoms. The second-order valence-corrected chi connectivity index (χ2v) is 8.56. The number of hydrogen-bond donors (Lipinski definition) is 3. The molecule has 0 saturated carbocycles. The van der Waals surface area contributed by atoms with E-state index in [-0.39, 0.29) is 6.04 Å². The van der Waals surface area contributed by atoms with E-state index in [1.165, 1.54) is 5.56 Å². The van der Waals surface area contributed by atoms with Crippen LogP contribution in [0.2, 0.25) is 0 Å². The highest BCUT2D eigenvalue weighted by Gasteiger charge is 2.11. The Bertz CT molecular complexity index is 826. The van der Waals surface area contributed by atoms with Gasteiger partial charge in [0.15, 0.2) is 0 Å². The molecule has 6 nitrogen and oxygen atoms in total. The fourth-order valence-corrected chi connectivity index (χ4v) is 3.36. The lowest BCUT2D eigenvalue weighted by atomic mass is 10.0. The number of ether oxygens (including phenoxy) is 1. The van der Waals surface area contributed by atoms with Crippen molar-refractivity contribution in [3.63, 3.8) is 0 Å². The van der Waals surface area contributed by atoms with Gasteiger partial charge in [0.2, 0.25) is 5.94 Å². The number of aliphatic hydroxyl groups excluding tert-OH is 1. The Balaban J connectivity index is 1.81. The molecule has 8 heteroatoms. The van der Waals surface area contributed by atoms with E-state index < -0.39 is 22.2 Å². The second-order valence-electron chi connectivity index (χ2n) is 6.40. The smallest absolute Gasteiger partial charge is 0.300 e. The van der Waals surface area contributed by atoms with E-state index in [2.05, 4.69) is 27.9 Å². The van der Waals surface area contributed by atoms with Crippen LogP contribution in [0.5, 0.6) is 5.75 Å². The SMILES string of the molecule is C[C@H](Cc1ccc(OCS(=O)(=O)O)cc1)NC[C@H](O)c1cccc(CI)c1. The van der Waals surface area contributed by atoms with Crippen LogP contribution in [0.4, 0.5) is 0 Å². The summed E-state index contributed by atoms with van der Waals surface area (Å²) in [5, 5.41) is 13.7. The molecule has 0 radical (unpaired) electrons. The van der Waals surface area contributed by atoms with Gasteiger partial charge in [0.05, 0.1) is 6.10 Å². The average molecular weight is 505 g/mol. The zero-order valence-corrected chi connectivity index (χ0v) is 18.0. The monoisotopic (exact) mass is 505 g/mol. The summed E-state index contributed by atoms with van der Waals surface area (Å²) in [6.07, 6.45) is 0.186. The Kier molecular flexibility index (Phi) is 8.49. The molecule has 0 aliphatic heterocycles. The number of rotatable bonds is 10. The summed E-state index contributed by atoms with van der Waals surface area (Å²) in [5.74, 6) is -0.386. The maximum atomic E-state index is 10.7. The zero-order valence-electron chi connectivity index (χ0n) is 15.0. The van der Waals surface area contributed by atoms with Gasteiger partial charge in [-0.25, -0.2) is 0 Å². The predicted molar refractivity (Wildman–Crippen MR) is 114 cm³/mol. The molecule has 148 valence electrons. The molecule has 0 amide bonds. The molecule has 0 aliphatic rings. The molecule has 2 atom stereocenters. The minimum atomic E-state index is -4.15. The first-order valence-electron chi connectivity index (χ1n) is 8.50. The summed E-state index contributed by atoms with van der Waals surface area (Å²) in [5.41, 5.74) is 3.15. The molecule has 0 unspecified atom stereocenters. The highest BCUT2D eigenvalue weighted by atomic mass is 127. The quantitative estimate of drug-likeness (QED) is 0.261. The standard InChI is InChI=1S/C19H24INO5S/c1-14(21-12-19(22)17-4-2-3-16(10-17)11-20)9-15-5-7-18(8-6-15)26-13-27(23,24)25/h2-8,10,14,19,21-22H,9,11-13H2,1H3,(H,23,24,25)/t14-,19+/m1/s1. The number of nitrogens with one attached hydrogen (secondary N) is 1. The lowest BCUT2D eigenvalue weighted by Crippen LogP contribution is -2.32. The predicted octanol–water partition coefficient (Wildman–Crippen LogP) is 3.10. The fourth-order valence-electron chi connectivity index (χ4n) is 2.60. The van der Waals surface area contributed by atoms with E-state index in [9.17, 15) is 13.5 Å². The highest BCUT2D eigenvalue weighted by molar-refractivity contribution is 14.1. The third-order valence-electron chi connectivity index (χ3n) is 3.99. The van der Waals surface area contributed by atoms with Crippen LogP contribution in [0.15, 0.2) is 48.5 Å². The van der Waals surface area contributed by atoms with Crippen molar-refractivity contribution in [1.29, 1.82) is 0 Å². The highest BCUT2D eigenvalue weighted by Crippen LogP contribution is 2.17. The van der Waals surface area contributed by atoms with Gasteiger partial charge >= 0.3 is 10.1 Å². The van der Waals surface area contributed by atoms with Crippen LogP contribution in [0, 0.1) is 0 Å². The van der Waals surface area contributed by atoms with Gasteiger partial charge in [0.25, 0.3) is 0 Å². The first-order valence-corrected chi connectivity index (χ1v) is 11.6. The van der Waals surface area contributed by atoms with Gasteiger partial charge in [-0.15, -0.1) is 0 Å². The largest absolute Gasteiger partial charge is 0.475 e. The van der Waals surface area contributed by atoms with Gasteiger partial charge in [-0.05, 0) is 42.2 Å². The lowest BCUT2D eigenvalue weighted by molar-refractivity contribution is 0.170. The molecule has 0 aromatic heterocycles. The third-order valence-corrected chi connectivity index (χ3v) is 5.29. The van der Waals surface area contributed by atoms with Crippen molar-refractivity contribution < 1.29 is 22.8 Å². The van der Waals surface area contributed by atoms with Gasteiger partial charge in [-0.3, -0.25) is 4.55 Å². The van der Waals surface area contributed by atoms with Crippen molar-refractivity contribution in [1.82, 2.24) is 5.32 Å². The lowest BCUT2D eigenvalue weighted by Gasteiger charge is -2.18. The second kappa shape index (κ2) is 10.4. The molecule has 3 N–H and O–H groups in total. The summed E-state index contributed by atoms with van der Waals surface area (Å²) < 4.78 is 36.0. The van der Waals surface area contributed by atoms with Crippen molar-refractivity contribution in [3.05, 3.63) is 65.2 Å². The van der Waals surface area contributed by atoms with Crippen molar-refractivity contribution in [2.75, 3.05) is 12.5 Å². The van der Waals surface area contributed by atoms with Crippen molar-refractivity contribution in [3.8, 4) is 5.75 Å². The number of hydrogen-bond acceptors (Lipinski definition) is 5. The Labute approximate surface area is 173 Å². The maximum Gasteiger partial charge on any atom is 0.300 e. The number of aliphatic hydroxyl groups is 1. The number of halogens is 1. The van der Waals surface area contributed by atoms with Crippen LogP contribution < -0.4 is 10.1 Å². The molecule has 0 saturated heterocycles. The summed E-state index contributed by atoms with van der Waals surface area (Å²) in [4.78, 5) is 0. The summed E-state index contributed by atoms with van der Waals surface area (Å²) in [7, 11) is -4.15. The molecule has 27 heavy (non-hydrogen) atoms. The van der Waals surface area contributed by atoms with Crippen LogP contribution >= 0.6 is 22.6 Å². The Morgan fingerprint density at radius 1 is 1.15 bits per heavy atom. The third kappa shape index (κ3) is 8.14. The minimum Gasteiger partial charge on any atom is -0.475 e. The van der Waals surface area contributed by atoms with Crippen LogP contribution in [0.25, 0.3) is 0 Å². The van der Waals surface area contributed by atoms with Crippen LogP contribution in [-0.4, -0.2) is 36.6 Å². The summed E-state index contributed by atoms with van der Waals surface area (Å²) >= 11 is 2.30. The van der Waals surface area contributed by atoms with Crippen LogP contribution in [0.3, 0.4) is 0 Å². The molecular weight excluding hydrogens is 481 g/mol. The molecule has 0 fully saturated rings. The molecule has 0 heterocycles. The van der Waals surface area contributed by atoms with E-state index in [0.717, 1.165) is 22.0 Å². The van der Waals surface area contributed by atoms with E-state index in [1.54, 1.807) is 12.1 Å². The van der Waals surface area contributed by atoms with Crippen molar-refractivity contribution in [2.24, 2.45) is 0 Å². The Morgan fingerprint density at radius 2 is 1.85 bits per heavy atom. The van der Waals surface area contributed by atoms with Crippen molar-refractivity contribution >= 4 is 32.7 Å². The van der Waals surface area contributed by atoms with E-state index in [4.69, 9.17) is 9.29 Å². The van der Waals surface area contributed by atoms with Crippen molar-refractivity contribution in [2.45, 2.75) is 29.9 Å². The first kappa shape index (κ1) is 22.1. The van der Waals surface area contributed by atoms with E-state index >= 15 is 0 Å². The Morgan fingerprint density at radius 3 is 2.48 bits per heavy atom. The van der Waals surface area contributed by atoms with Gasteiger partial charge < -0.3 is 15.2 Å². The average Bonchev–Trinajstić information content (AvgIpc) is 2.65. The fraction of sp³-hybridized carbons (Fsp3) is 0.368.